The minimum absolute atomic E-state index is 0.236. The van der Waals surface area contributed by atoms with Gasteiger partial charge in [-0.15, -0.1) is 0 Å². The van der Waals surface area contributed by atoms with Crippen LogP contribution in [-0.2, 0) is 0 Å². The number of ether oxygens (including phenoxy) is 2. The smallest absolute Gasteiger partial charge is 0.319 e. The maximum Gasteiger partial charge on any atom is 0.319 e. The number of amides is 2. The predicted octanol–water partition coefficient (Wildman–Crippen LogP) is -0.318. The van der Waals surface area contributed by atoms with Crippen molar-refractivity contribution in [1.29, 1.82) is 0 Å². The van der Waals surface area contributed by atoms with Gasteiger partial charge >= 0.3 is 6.03 Å². The summed E-state index contributed by atoms with van der Waals surface area (Å²) in [6.07, 6.45) is -1.83. The number of benzene rings is 1. The van der Waals surface area contributed by atoms with Gasteiger partial charge < -0.3 is 35.4 Å². The average molecular weight is 324 g/mol. The molecule has 126 valence electrons. The predicted molar refractivity (Wildman–Crippen MR) is 80.6 cm³/mol. The summed E-state index contributed by atoms with van der Waals surface area (Å²) in [6, 6.07) is 3.93. The Kier molecular flexibility index (Phi) is 4.56. The number of aliphatic hydroxyl groups excluding tert-OH is 3. The second kappa shape index (κ2) is 6.61. The molecule has 1 aliphatic carbocycles. The standard InChI is InChI=1S/C15H20N2O6/c18-7-8-5-10(14(20)13(8)19)17-15(21)16-9-1-2-11-12(6-9)23-4-3-22-11/h1-2,6,8,10,13-14,18-20H,3-5,7H2,(H2,16,17,21)/t8-,10-,13-,14+/m1/s1. The van der Waals surface area contributed by atoms with E-state index in [0.29, 0.717) is 36.8 Å². The van der Waals surface area contributed by atoms with Crippen molar-refractivity contribution in [2.45, 2.75) is 24.7 Å². The lowest BCUT2D eigenvalue weighted by Gasteiger charge is -2.20. The molecule has 1 fully saturated rings. The highest BCUT2D eigenvalue weighted by molar-refractivity contribution is 5.90. The topological polar surface area (TPSA) is 120 Å². The van der Waals surface area contributed by atoms with Crippen LogP contribution in [0.4, 0.5) is 10.5 Å². The summed E-state index contributed by atoms with van der Waals surface area (Å²) < 4.78 is 10.8. The maximum absolute atomic E-state index is 12.0. The van der Waals surface area contributed by atoms with Crippen molar-refractivity contribution < 1.29 is 29.6 Å². The molecule has 3 rings (SSSR count). The van der Waals surface area contributed by atoms with E-state index in [-0.39, 0.29) is 6.61 Å². The molecule has 1 saturated carbocycles. The SMILES string of the molecule is O=C(Nc1ccc2c(c1)OCCO2)N[C@@H]1C[C@H](CO)[C@@H](O)[C@H]1O. The molecule has 5 N–H and O–H groups in total. The highest BCUT2D eigenvalue weighted by atomic mass is 16.6. The van der Waals surface area contributed by atoms with Crippen LogP contribution in [0.1, 0.15) is 6.42 Å². The van der Waals surface area contributed by atoms with Crippen LogP contribution in [0.5, 0.6) is 11.5 Å². The van der Waals surface area contributed by atoms with Gasteiger partial charge in [0.2, 0.25) is 0 Å². The van der Waals surface area contributed by atoms with E-state index in [1.165, 1.54) is 0 Å². The monoisotopic (exact) mass is 324 g/mol. The average Bonchev–Trinajstić information content (AvgIpc) is 2.82. The van der Waals surface area contributed by atoms with Gasteiger partial charge in [0.15, 0.2) is 11.5 Å². The molecule has 1 aromatic carbocycles. The van der Waals surface area contributed by atoms with E-state index >= 15 is 0 Å². The molecule has 1 aromatic rings. The Hall–Kier alpha value is -2.03. The Morgan fingerprint density at radius 2 is 1.91 bits per heavy atom. The summed E-state index contributed by atoms with van der Waals surface area (Å²) in [5, 5.41) is 34.0. The van der Waals surface area contributed by atoms with Gasteiger partial charge in [0.1, 0.15) is 19.3 Å². The molecule has 1 heterocycles. The summed E-state index contributed by atoms with van der Waals surface area (Å²) >= 11 is 0. The fraction of sp³-hybridized carbons (Fsp3) is 0.533. The van der Waals surface area contributed by atoms with E-state index in [2.05, 4.69) is 10.6 Å². The molecule has 0 bridgehead atoms. The van der Waals surface area contributed by atoms with Gasteiger partial charge in [0.25, 0.3) is 0 Å². The van der Waals surface area contributed by atoms with E-state index in [9.17, 15) is 15.0 Å². The van der Waals surface area contributed by atoms with E-state index in [0.717, 1.165) is 0 Å². The summed E-state index contributed by atoms with van der Waals surface area (Å²) in [7, 11) is 0. The number of nitrogens with one attached hydrogen (secondary N) is 2. The van der Waals surface area contributed by atoms with Crippen LogP contribution in [-0.4, -0.2) is 59.4 Å². The zero-order valence-electron chi connectivity index (χ0n) is 12.4. The quantitative estimate of drug-likeness (QED) is 0.520. The number of carbonyl (C=O) groups is 1. The number of fused-ring (bicyclic) bond motifs is 1. The molecule has 2 amide bonds. The van der Waals surface area contributed by atoms with Crippen LogP contribution in [0.3, 0.4) is 0 Å². The number of aliphatic hydroxyl groups is 3. The second-order valence-electron chi connectivity index (χ2n) is 5.72. The van der Waals surface area contributed by atoms with Crippen LogP contribution in [0.25, 0.3) is 0 Å². The zero-order chi connectivity index (χ0) is 16.4. The molecular formula is C15H20N2O6. The van der Waals surface area contributed by atoms with Crippen molar-refractivity contribution in [3.63, 3.8) is 0 Å². The minimum atomic E-state index is -1.10. The summed E-state index contributed by atoms with van der Waals surface area (Å²) in [4.78, 5) is 12.0. The second-order valence-corrected chi connectivity index (χ2v) is 5.72. The number of carbonyl (C=O) groups excluding carboxylic acids is 1. The molecule has 0 unspecified atom stereocenters. The first-order chi connectivity index (χ1) is 11.1. The van der Waals surface area contributed by atoms with Gasteiger partial charge in [-0.3, -0.25) is 0 Å². The van der Waals surface area contributed by atoms with E-state index in [4.69, 9.17) is 14.6 Å². The highest BCUT2D eigenvalue weighted by Gasteiger charge is 2.41. The number of hydrogen-bond donors (Lipinski definition) is 5. The Morgan fingerprint density at radius 1 is 1.17 bits per heavy atom. The summed E-state index contributed by atoms with van der Waals surface area (Å²) in [5.74, 6) is 0.748. The first-order valence-corrected chi connectivity index (χ1v) is 7.52. The van der Waals surface area contributed by atoms with Crippen molar-refractivity contribution in [3.8, 4) is 11.5 Å². The molecule has 1 aliphatic heterocycles. The number of hydrogen-bond acceptors (Lipinski definition) is 6. The third-order valence-electron chi connectivity index (χ3n) is 4.15. The maximum atomic E-state index is 12.0. The van der Waals surface area contributed by atoms with Gasteiger partial charge in [-0.1, -0.05) is 0 Å². The highest BCUT2D eigenvalue weighted by Crippen LogP contribution is 2.32. The third-order valence-corrected chi connectivity index (χ3v) is 4.15. The van der Waals surface area contributed by atoms with Crippen LogP contribution in [0.15, 0.2) is 18.2 Å². The molecule has 0 spiro atoms. The van der Waals surface area contributed by atoms with Gasteiger partial charge in [-0.05, 0) is 18.6 Å². The molecule has 0 saturated heterocycles. The van der Waals surface area contributed by atoms with Crippen molar-refractivity contribution in [2.75, 3.05) is 25.1 Å². The van der Waals surface area contributed by atoms with Gasteiger partial charge in [0.05, 0.1) is 12.1 Å². The lowest BCUT2D eigenvalue weighted by molar-refractivity contribution is 0.000965. The van der Waals surface area contributed by atoms with Crippen molar-refractivity contribution in [2.24, 2.45) is 5.92 Å². The van der Waals surface area contributed by atoms with E-state index < -0.39 is 30.2 Å². The minimum Gasteiger partial charge on any atom is -0.486 e. The van der Waals surface area contributed by atoms with Crippen LogP contribution in [0, 0.1) is 5.92 Å². The van der Waals surface area contributed by atoms with Gasteiger partial charge in [-0.2, -0.15) is 0 Å². The lowest BCUT2D eigenvalue weighted by Crippen LogP contribution is -2.44. The van der Waals surface area contributed by atoms with Crippen LogP contribution in [0.2, 0.25) is 0 Å². The van der Waals surface area contributed by atoms with E-state index in [1.807, 2.05) is 0 Å². The summed E-state index contributed by atoms with van der Waals surface area (Å²) in [6.45, 7) is 0.714. The first-order valence-electron chi connectivity index (χ1n) is 7.52. The molecular weight excluding hydrogens is 304 g/mol. The Balaban J connectivity index is 1.59. The van der Waals surface area contributed by atoms with Crippen molar-refractivity contribution in [3.05, 3.63) is 18.2 Å². The van der Waals surface area contributed by atoms with Crippen LogP contribution >= 0.6 is 0 Å². The fourth-order valence-corrected chi connectivity index (χ4v) is 2.91. The molecule has 23 heavy (non-hydrogen) atoms. The fourth-order valence-electron chi connectivity index (χ4n) is 2.91. The van der Waals surface area contributed by atoms with Gasteiger partial charge in [0, 0.05) is 24.3 Å². The Bertz CT molecular complexity index is 581. The molecule has 2 aliphatic rings. The van der Waals surface area contributed by atoms with Crippen molar-refractivity contribution >= 4 is 11.7 Å². The lowest BCUT2D eigenvalue weighted by atomic mass is 10.1. The molecule has 8 heteroatoms. The molecule has 4 atom stereocenters. The van der Waals surface area contributed by atoms with E-state index in [1.54, 1.807) is 18.2 Å². The Labute approximate surface area is 133 Å². The summed E-state index contributed by atoms with van der Waals surface area (Å²) in [5.41, 5.74) is 0.526. The Morgan fingerprint density at radius 3 is 2.61 bits per heavy atom. The zero-order valence-corrected chi connectivity index (χ0v) is 12.4. The largest absolute Gasteiger partial charge is 0.486 e. The first kappa shape index (κ1) is 15.9. The van der Waals surface area contributed by atoms with Crippen molar-refractivity contribution in [1.82, 2.24) is 5.32 Å². The number of urea groups is 1. The van der Waals surface area contributed by atoms with Crippen LogP contribution < -0.4 is 20.1 Å². The van der Waals surface area contributed by atoms with Gasteiger partial charge in [-0.25, -0.2) is 4.79 Å². The third kappa shape index (κ3) is 3.34. The molecule has 8 nitrogen and oxygen atoms in total. The molecule has 0 radical (unpaired) electrons. The number of rotatable bonds is 3. The normalized spacial score (nSPS) is 29.2. The number of anilines is 1. The molecule has 0 aromatic heterocycles.